The lowest BCUT2D eigenvalue weighted by molar-refractivity contribution is -0.125. The van der Waals surface area contributed by atoms with Gasteiger partial charge in [-0.3, -0.25) is 19.3 Å². The van der Waals surface area contributed by atoms with E-state index in [1.165, 1.54) is 82.6 Å². The van der Waals surface area contributed by atoms with Gasteiger partial charge in [0.15, 0.2) is 0 Å². The number of fused-ring (bicyclic) bond motifs is 2. The lowest BCUT2D eigenvalue weighted by Gasteiger charge is -2.56. The average Bonchev–Trinajstić information content (AvgIpc) is 3.26. The molecular formula is C52H64N8O3. The first kappa shape index (κ1) is 42.1. The third-order valence-corrected chi connectivity index (χ3v) is 16.1. The molecule has 0 saturated heterocycles. The highest BCUT2D eigenvalue weighted by molar-refractivity contribution is 5.91. The van der Waals surface area contributed by atoms with Crippen molar-refractivity contribution in [3.05, 3.63) is 107 Å². The minimum atomic E-state index is 0.162. The SMILES string of the molecule is O=C(CC12CC3CC(CC(C3)C1)C2)Nc1ncnc2c1CCN(Cc1ccccc1)C2.O=C(CC12CC3CC(CC(C3)C1)C2)Nc1ncnc2c1CCNC2.O=Cc1ccccc1. The number of aldehydes is 1. The lowest BCUT2D eigenvalue weighted by Crippen LogP contribution is -2.47. The molecule has 4 heterocycles. The van der Waals surface area contributed by atoms with Crippen molar-refractivity contribution in [2.45, 2.75) is 122 Å². The van der Waals surface area contributed by atoms with Crippen LogP contribution in [0.4, 0.5) is 11.6 Å². The summed E-state index contributed by atoms with van der Waals surface area (Å²) >= 11 is 0. The highest BCUT2D eigenvalue weighted by Crippen LogP contribution is 2.62. The maximum Gasteiger partial charge on any atom is 0.226 e. The van der Waals surface area contributed by atoms with Gasteiger partial charge in [-0.2, -0.15) is 0 Å². The van der Waals surface area contributed by atoms with E-state index >= 15 is 0 Å². The van der Waals surface area contributed by atoms with E-state index in [1.807, 2.05) is 18.2 Å². The number of hydrogen-bond acceptors (Lipinski definition) is 9. The molecule has 2 amide bonds. The number of anilines is 2. The van der Waals surface area contributed by atoms with E-state index < -0.39 is 0 Å². The molecule has 0 radical (unpaired) electrons. The highest BCUT2D eigenvalue weighted by Gasteiger charge is 2.52. The summed E-state index contributed by atoms with van der Waals surface area (Å²) < 4.78 is 0. The van der Waals surface area contributed by atoms with Crippen molar-refractivity contribution in [3.63, 3.8) is 0 Å². The number of carbonyl (C=O) groups is 3. The second-order valence-electron chi connectivity index (χ2n) is 21.0. The normalized spacial score (nSPS) is 30.4. The van der Waals surface area contributed by atoms with Crippen LogP contribution in [-0.4, -0.2) is 56.0 Å². The van der Waals surface area contributed by atoms with Gasteiger partial charge < -0.3 is 16.0 Å². The van der Waals surface area contributed by atoms with Crippen LogP contribution >= 0.6 is 0 Å². The van der Waals surface area contributed by atoms with E-state index in [0.29, 0.717) is 12.8 Å². The zero-order valence-electron chi connectivity index (χ0n) is 36.8. The molecule has 330 valence electrons. The summed E-state index contributed by atoms with van der Waals surface area (Å²) in [7, 11) is 0. The van der Waals surface area contributed by atoms with Crippen LogP contribution in [0.5, 0.6) is 0 Å². The molecule has 2 aliphatic heterocycles. The molecule has 11 nitrogen and oxygen atoms in total. The molecule has 14 rings (SSSR count). The Hall–Kier alpha value is -4.87. The van der Waals surface area contributed by atoms with Crippen LogP contribution in [0.3, 0.4) is 0 Å². The molecule has 8 aliphatic carbocycles. The Morgan fingerprint density at radius 3 is 1.60 bits per heavy atom. The van der Waals surface area contributed by atoms with Crippen molar-refractivity contribution in [3.8, 4) is 0 Å². The van der Waals surface area contributed by atoms with E-state index in [9.17, 15) is 14.4 Å². The van der Waals surface area contributed by atoms with E-state index in [1.54, 1.807) is 24.8 Å². The van der Waals surface area contributed by atoms with Gasteiger partial charge in [-0.25, -0.2) is 19.9 Å². The maximum absolute atomic E-state index is 13.1. The van der Waals surface area contributed by atoms with Gasteiger partial charge in [-0.1, -0.05) is 60.7 Å². The summed E-state index contributed by atoms with van der Waals surface area (Å²) in [6, 6.07) is 19.7. The average molecular weight is 849 g/mol. The number of carbonyl (C=O) groups excluding carboxylic acids is 3. The van der Waals surface area contributed by atoms with Crippen LogP contribution < -0.4 is 16.0 Å². The van der Waals surface area contributed by atoms with Crippen molar-refractivity contribution in [1.82, 2.24) is 30.2 Å². The standard InChI is InChI=1S/C26H32N4O.C19H26N4O.C7H6O/c31-24(14-26-11-19-8-20(12-26)10-21(9-19)13-26)29-25-22-6-7-30(16-23(22)27-17-28-25)15-18-4-2-1-3-5-18;24-17(23-18-15-1-2-20-10-16(15)21-11-22-18)9-19-6-12-3-13(7-19)5-14(4-12)8-19;8-6-7-4-2-1-3-5-7/h1-5,17,19-21H,6-16H2,(H,27,28,29,31);11-14,20H,1-10H2,(H,21,22,23,24);1-6H. The molecule has 4 aromatic rings. The number of amides is 2. The van der Waals surface area contributed by atoms with Crippen LogP contribution in [-0.2, 0) is 42.1 Å². The van der Waals surface area contributed by atoms with Crippen molar-refractivity contribution in [2.24, 2.45) is 46.3 Å². The summed E-state index contributed by atoms with van der Waals surface area (Å²) in [5, 5.41) is 9.65. The molecule has 2 aromatic carbocycles. The van der Waals surface area contributed by atoms with E-state index in [4.69, 9.17) is 0 Å². The first-order valence-corrected chi connectivity index (χ1v) is 24.0. The summed E-state index contributed by atoms with van der Waals surface area (Å²) in [4.78, 5) is 56.1. The molecule has 8 fully saturated rings. The maximum atomic E-state index is 13.1. The van der Waals surface area contributed by atoms with Gasteiger partial charge >= 0.3 is 0 Å². The third kappa shape index (κ3) is 9.80. The molecule has 63 heavy (non-hydrogen) atoms. The quantitative estimate of drug-likeness (QED) is 0.141. The summed E-state index contributed by atoms with van der Waals surface area (Å²) in [6.07, 6.45) is 23.3. The zero-order valence-corrected chi connectivity index (χ0v) is 36.8. The fourth-order valence-corrected chi connectivity index (χ4v) is 14.5. The number of hydrogen-bond donors (Lipinski definition) is 3. The number of rotatable bonds is 9. The third-order valence-electron chi connectivity index (χ3n) is 16.1. The minimum Gasteiger partial charge on any atom is -0.311 e. The fourth-order valence-electron chi connectivity index (χ4n) is 14.5. The molecule has 0 spiro atoms. The first-order valence-electron chi connectivity index (χ1n) is 24.0. The highest BCUT2D eigenvalue weighted by atomic mass is 16.2. The number of nitrogens with zero attached hydrogens (tertiary/aromatic N) is 5. The summed E-state index contributed by atoms with van der Waals surface area (Å²) in [5.41, 5.74) is 6.94. The van der Waals surface area contributed by atoms with Gasteiger partial charge in [0, 0.05) is 55.7 Å². The molecule has 8 bridgehead atoms. The Balaban J connectivity index is 0.000000130. The number of aromatic nitrogens is 4. The molecule has 2 aromatic heterocycles. The van der Waals surface area contributed by atoms with Crippen molar-refractivity contribution in [1.29, 1.82) is 0 Å². The van der Waals surface area contributed by atoms with Gasteiger partial charge in [0.2, 0.25) is 11.8 Å². The Labute approximate surface area is 372 Å². The van der Waals surface area contributed by atoms with Gasteiger partial charge in [-0.15, -0.1) is 0 Å². The van der Waals surface area contributed by atoms with Crippen LogP contribution in [0.15, 0.2) is 73.3 Å². The molecule has 10 aliphatic rings. The van der Waals surface area contributed by atoms with E-state index in [-0.39, 0.29) is 22.6 Å². The fraction of sp³-hybridized carbons (Fsp3) is 0.558. The number of nitrogens with one attached hydrogen (secondary N) is 3. The molecule has 0 atom stereocenters. The molecule has 8 saturated carbocycles. The van der Waals surface area contributed by atoms with Crippen molar-refractivity contribution < 1.29 is 14.4 Å². The van der Waals surface area contributed by atoms with Crippen LogP contribution in [0.2, 0.25) is 0 Å². The van der Waals surface area contributed by atoms with Gasteiger partial charge in [-0.05, 0) is 148 Å². The molecule has 3 N–H and O–H groups in total. The zero-order chi connectivity index (χ0) is 42.8. The summed E-state index contributed by atoms with van der Waals surface area (Å²) in [6.45, 7) is 4.41. The Bertz CT molecular complexity index is 2200. The molecular weight excluding hydrogens is 785 g/mol. The predicted octanol–water partition coefficient (Wildman–Crippen LogP) is 8.75. The van der Waals surface area contributed by atoms with Crippen LogP contribution in [0, 0.1) is 46.3 Å². The smallest absolute Gasteiger partial charge is 0.226 e. The van der Waals surface area contributed by atoms with E-state index in [2.05, 4.69) is 71.1 Å². The topological polar surface area (TPSA) is 142 Å². The molecule has 0 unspecified atom stereocenters. The number of benzene rings is 2. The van der Waals surface area contributed by atoms with Crippen molar-refractivity contribution >= 4 is 29.7 Å². The Morgan fingerprint density at radius 2 is 1.11 bits per heavy atom. The van der Waals surface area contributed by atoms with Gasteiger partial charge in [0.05, 0.1) is 11.4 Å². The van der Waals surface area contributed by atoms with Crippen LogP contribution in [0.1, 0.15) is 128 Å². The summed E-state index contributed by atoms with van der Waals surface area (Å²) in [5.74, 6) is 7.12. The molecule has 11 heteroatoms. The second-order valence-corrected chi connectivity index (χ2v) is 21.0. The van der Waals surface area contributed by atoms with Gasteiger partial charge in [0.1, 0.15) is 30.6 Å². The monoisotopic (exact) mass is 849 g/mol. The van der Waals surface area contributed by atoms with Gasteiger partial charge in [0.25, 0.3) is 0 Å². The Morgan fingerprint density at radius 1 is 0.635 bits per heavy atom. The van der Waals surface area contributed by atoms with E-state index in [0.717, 1.165) is 127 Å². The first-order chi connectivity index (χ1) is 30.8. The Kier molecular flexibility index (Phi) is 12.2. The second kappa shape index (κ2) is 18.3. The van der Waals surface area contributed by atoms with Crippen molar-refractivity contribution in [2.75, 3.05) is 23.7 Å². The minimum absolute atomic E-state index is 0.162. The predicted molar refractivity (Wildman–Crippen MR) is 243 cm³/mol. The van der Waals surface area contributed by atoms with Crippen LogP contribution in [0.25, 0.3) is 0 Å². The largest absolute Gasteiger partial charge is 0.311 e. The lowest BCUT2D eigenvalue weighted by atomic mass is 9.49.